The molecule has 5 heteroatoms. The molecule has 0 bridgehead atoms. The molecule has 1 rings (SSSR count). The minimum absolute atomic E-state index is 0.0893. The third-order valence-corrected chi connectivity index (χ3v) is 4.08. The van der Waals surface area contributed by atoms with Gasteiger partial charge in [0.15, 0.2) is 0 Å². The van der Waals surface area contributed by atoms with E-state index in [0.29, 0.717) is 5.69 Å². The maximum atomic E-state index is 11.1. The third-order valence-electron chi connectivity index (χ3n) is 1.44. The Labute approximate surface area is 86.3 Å². The summed E-state index contributed by atoms with van der Waals surface area (Å²) in [6.07, 6.45) is 0. The SMILES string of the molecule is Cc1cccc(NS(=O)(=O)CBr)c1. The van der Waals surface area contributed by atoms with Crippen LogP contribution in [0.25, 0.3) is 0 Å². The second-order valence-corrected chi connectivity index (χ2v) is 5.72. The number of hydrogen-bond donors (Lipinski definition) is 1. The molecule has 0 saturated heterocycles. The smallest absolute Gasteiger partial charge is 0.242 e. The lowest BCUT2D eigenvalue weighted by atomic mass is 10.2. The zero-order chi connectivity index (χ0) is 9.90. The van der Waals surface area contributed by atoms with Crippen LogP contribution in [0.2, 0.25) is 0 Å². The van der Waals surface area contributed by atoms with Gasteiger partial charge in [0.1, 0.15) is 4.66 Å². The van der Waals surface area contributed by atoms with E-state index in [4.69, 9.17) is 0 Å². The summed E-state index contributed by atoms with van der Waals surface area (Å²) in [6.45, 7) is 1.91. The second kappa shape index (κ2) is 4.11. The fraction of sp³-hybridized carbons (Fsp3) is 0.250. The van der Waals surface area contributed by atoms with Gasteiger partial charge in [-0.15, -0.1) is 0 Å². The van der Waals surface area contributed by atoms with Crippen LogP contribution in [0, 0.1) is 6.92 Å². The summed E-state index contributed by atoms with van der Waals surface area (Å²) in [5.74, 6) is 0. The lowest BCUT2D eigenvalue weighted by Crippen LogP contribution is -2.12. The predicted molar refractivity (Wildman–Crippen MR) is 57.5 cm³/mol. The number of aryl methyl sites for hydroxylation is 1. The topological polar surface area (TPSA) is 46.2 Å². The Hall–Kier alpha value is -0.550. The number of rotatable bonds is 3. The molecule has 0 radical (unpaired) electrons. The number of hydrogen-bond acceptors (Lipinski definition) is 2. The first-order valence-electron chi connectivity index (χ1n) is 3.66. The second-order valence-electron chi connectivity index (χ2n) is 2.70. The molecule has 1 N–H and O–H groups in total. The Morgan fingerprint density at radius 2 is 2.15 bits per heavy atom. The molecule has 0 spiro atoms. The third kappa shape index (κ3) is 3.36. The number of nitrogens with one attached hydrogen (secondary N) is 1. The largest absolute Gasteiger partial charge is 0.283 e. The molecule has 0 aliphatic carbocycles. The van der Waals surface area contributed by atoms with E-state index in [1.807, 2.05) is 13.0 Å². The molecule has 0 saturated carbocycles. The van der Waals surface area contributed by atoms with Gasteiger partial charge in [-0.2, -0.15) is 0 Å². The van der Waals surface area contributed by atoms with Gasteiger partial charge in [0.25, 0.3) is 0 Å². The molecule has 72 valence electrons. The summed E-state index contributed by atoms with van der Waals surface area (Å²) in [6, 6.07) is 7.21. The van der Waals surface area contributed by atoms with E-state index < -0.39 is 10.0 Å². The fourth-order valence-electron chi connectivity index (χ4n) is 0.915. The summed E-state index contributed by atoms with van der Waals surface area (Å²) in [5, 5.41) is 0. The highest BCUT2D eigenvalue weighted by Gasteiger charge is 2.06. The molecule has 13 heavy (non-hydrogen) atoms. The van der Waals surface area contributed by atoms with Crippen LogP contribution < -0.4 is 4.72 Å². The molecule has 0 heterocycles. The van der Waals surface area contributed by atoms with Gasteiger partial charge in [-0.25, -0.2) is 8.42 Å². The van der Waals surface area contributed by atoms with Gasteiger partial charge in [0.2, 0.25) is 10.0 Å². The molecular weight excluding hydrogens is 254 g/mol. The van der Waals surface area contributed by atoms with Crippen molar-refractivity contribution in [2.45, 2.75) is 6.92 Å². The minimum atomic E-state index is -3.22. The van der Waals surface area contributed by atoms with Crippen LogP contribution in [-0.4, -0.2) is 13.1 Å². The molecule has 0 aliphatic heterocycles. The van der Waals surface area contributed by atoms with Crippen LogP contribution in [0.5, 0.6) is 0 Å². The highest BCUT2D eigenvalue weighted by Crippen LogP contribution is 2.12. The maximum absolute atomic E-state index is 11.1. The van der Waals surface area contributed by atoms with E-state index in [-0.39, 0.29) is 4.66 Å². The van der Waals surface area contributed by atoms with Gasteiger partial charge in [-0.05, 0) is 24.6 Å². The lowest BCUT2D eigenvalue weighted by Gasteiger charge is -2.05. The summed E-state index contributed by atoms with van der Waals surface area (Å²) in [7, 11) is -3.22. The normalized spacial score (nSPS) is 11.2. The highest BCUT2D eigenvalue weighted by molar-refractivity contribution is 9.10. The van der Waals surface area contributed by atoms with Crippen molar-refractivity contribution in [2.75, 3.05) is 9.38 Å². The van der Waals surface area contributed by atoms with Crippen molar-refractivity contribution in [3.05, 3.63) is 29.8 Å². The summed E-state index contributed by atoms with van der Waals surface area (Å²) in [5.41, 5.74) is 1.62. The van der Waals surface area contributed by atoms with Gasteiger partial charge in [0, 0.05) is 5.69 Å². The molecule has 1 aromatic rings. The first-order chi connectivity index (χ1) is 6.03. The number of anilines is 1. The molecule has 0 atom stereocenters. The zero-order valence-electron chi connectivity index (χ0n) is 7.12. The van der Waals surface area contributed by atoms with Crippen molar-refractivity contribution < 1.29 is 8.42 Å². The van der Waals surface area contributed by atoms with Gasteiger partial charge < -0.3 is 0 Å². The lowest BCUT2D eigenvalue weighted by molar-refractivity contribution is 0.606. The van der Waals surface area contributed by atoms with Gasteiger partial charge >= 0.3 is 0 Å². The minimum Gasteiger partial charge on any atom is -0.283 e. The Kier molecular flexibility index (Phi) is 3.33. The van der Waals surface area contributed by atoms with Crippen molar-refractivity contribution in [1.29, 1.82) is 0 Å². The van der Waals surface area contributed by atoms with Crippen LogP contribution in [0.1, 0.15) is 5.56 Å². The van der Waals surface area contributed by atoms with E-state index in [0.717, 1.165) is 5.56 Å². The van der Waals surface area contributed by atoms with Crippen LogP contribution in [0.15, 0.2) is 24.3 Å². The molecule has 0 aromatic heterocycles. The molecule has 3 nitrogen and oxygen atoms in total. The highest BCUT2D eigenvalue weighted by atomic mass is 79.9. The van der Waals surface area contributed by atoms with E-state index >= 15 is 0 Å². The summed E-state index contributed by atoms with van der Waals surface area (Å²) in [4.78, 5) is 0. The molecule has 0 fully saturated rings. The monoisotopic (exact) mass is 263 g/mol. The number of benzene rings is 1. The van der Waals surface area contributed by atoms with Crippen molar-refractivity contribution in [3.63, 3.8) is 0 Å². The van der Waals surface area contributed by atoms with Gasteiger partial charge in [0.05, 0.1) is 0 Å². The summed E-state index contributed by atoms with van der Waals surface area (Å²) < 4.78 is 24.6. The van der Waals surface area contributed by atoms with E-state index in [1.54, 1.807) is 18.2 Å². The standard InChI is InChI=1S/C8H10BrNO2S/c1-7-3-2-4-8(5-7)10-13(11,12)6-9/h2-5,10H,6H2,1H3. The van der Waals surface area contributed by atoms with Crippen molar-refractivity contribution in [1.82, 2.24) is 0 Å². The van der Waals surface area contributed by atoms with Crippen molar-refractivity contribution in [3.8, 4) is 0 Å². The van der Waals surface area contributed by atoms with Crippen LogP contribution >= 0.6 is 15.9 Å². The molecule has 0 amide bonds. The van der Waals surface area contributed by atoms with E-state index in [9.17, 15) is 8.42 Å². The van der Waals surface area contributed by atoms with Gasteiger partial charge in [-0.1, -0.05) is 28.1 Å². The molecule has 0 aliphatic rings. The molecular formula is C8H10BrNO2S. The predicted octanol–water partition coefficient (Wildman–Crippen LogP) is 2.09. The maximum Gasteiger partial charge on any atom is 0.242 e. The summed E-state index contributed by atoms with van der Waals surface area (Å²) >= 11 is 2.90. The average Bonchev–Trinajstić information content (AvgIpc) is 2.03. The first kappa shape index (κ1) is 10.5. The molecule has 1 aromatic carbocycles. The van der Waals surface area contributed by atoms with Crippen molar-refractivity contribution in [2.24, 2.45) is 0 Å². The Balaban J connectivity index is 2.87. The number of halogens is 1. The van der Waals surface area contributed by atoms with Crippen LogP contribution in [0.4, 0.5) is 5.69 Å². The number of alkyl halides is 1. The van der Waals surface area contributed by atoms with E-state index in [2.05, 4.69) is 20.7 Å². The van der Waals surface area contributed by atoms with Crippen molar-refractivity contribution >= 4 is 31.6 Å². The fourth-order valence-corrected chi connectivity index (χ4v) is 1.80. The number of sulfonamides is 1. The zero-order valence-corrected chi connectivity index (χ0v) is 9.52. The van der Waals surface area contributed by atoms with Gasteiger partial charge in [-0.3, -0.25) is 4.72 Å². The van der Waals surface area contributed by atoms with Crippen LogP contribution in [0.3, 0.4) is 0 Å². The quantitative estimate of drug-likeness (QED) is 0.850. The van der Waals surface area contributed by atoms with Crippen LogP contribution in [-0.2, 0) is 10.0 Å². The van der Waals surface area contributed by atoms with E-state index in [1.165, 1.54) is 0 Å². The molecule has 0 unspecified atom stereocenters. The Bertz CT molecular complexity index is 389. The average molecular weight is 264 g/mol. The Morgan fingerprint density at radius 3 is 2.69 bits per heavy atom. The first-order valence-corrected chi connectivity index (χ1v) is 6.44. The Morgan fingerprint density at radius 1 is 1.46 bits per heavy atom.